The van der Waals surface area contributed by atoms with Gasteiger partial charge in [-0.05, 0) is 74.6 Å². The number of amides is 8. The molecule has 0 heterocycles. The summed E-state index contributed by atoms with van der Waals surface area (Å²) in [6.45, 7) is 4.21. The van der Waals surface area contributed by atoms with Gasteiger partial charge in [0.05, 0.1) is 26.2 Å². The van der Waals surface area contributed by atoms with Gasteiger partial charge in [0.25, 0.3) is 0 Å². The van der Waals surface area contributed by atoms with Gasteiger partial charge in [0.2, 0.25) is 47.3 Å². The molecule has 24 nitrogen and oxygen atoms in total. The second-order valence-electron chi connectivity index (χ2n) is 16.3. The molecule has 0 aliphatic rings. The normalized spacial score (nSPS) is 13.4. The van der Waals surface area contributed by atoms with E-state index in [9.17, 15) is 38.4 Å². The van der Waals surface area contributed by atoms with Crippen molar-refractivity contribution >= 4 is 59.2 Å². The van der Waals surface area contributed by atoms with Gasteiger partial charge < -0.3 is 76.4 Å². The van der Waals surface area contributed by atoms with Crippen molar-refractivity contribution in [3.63, 3.8) is 0 Å². The van der Waals surface area contributed by atoms with Crippen molar-refractivity contribution in [1.82, 2.24) is 37.2 Å². The third-order valence-corrected chi connectivity index (χ3v) is 10.0. The third-order valence-electron chi connectivity index (χ3n) is 10.0. The van der Waals surface area contributed by atoms with Crippen LogP contribution >= 0.6 is 0 Å². The smallest absolute Gasteiger partial charge is 0.243 e. The van der Waals surface area contributed by atoms with E-state index in [4.69, 9.17) is 39.1 Å². The molecule has 2 aromatic carbocycles. The molecule has 0 bridgehead atoms. The number of methoxy groups -OCH3 is 1. The van der Waals surface area contributed by atoms with Crippen LogP contribution in [0.2, 0.25) is 0 Å². The minimum Gasteiger partial charge on any atom is -0.497 e. The van der Waals surface area contributed by atoms with Crippen LogP contribution in [-0.4, -0.2) is 129 Å². The van der Waals surface area contributed by atoms with Gasteiger partial charge in [-0.25, -0.2) is 0 Å². The molecule has 8 amide bonds. The van der Waals surface area contributed by atoms with Gasteiger partial charge >= 0.3 is 0 Å². The van der Waals surface area contributed by atoms with Gasteiger partial charge in [-0.2, -0.15) is 0 Å². The SMILES string of the molecule is COc1ccc(C[C@H](N)C(=O)NCC(=O)NCC(=O)N[C@@H](Cc2ccccc2)C(=O)N[C@H](C)C(=O)N[C@@H](CCCN=C(N)N)C(=O)N[C@@H](CCCN=C(N)N)C(=O)N[C@H](CC(C)C)C(N)=O)cc1. The van der Waals surface area contributed by atoms with Gasteiger partial charge in [0, 0.05) is 19.5 Å². The van der Waals surface area contributed by atoms with Gasteiger partial charge in [-0.15, -0.1) is 0 Å². The summed E-state index contributed by atoms with van der Waals surface area (Å²) in [5.41, 5.74) is 34.8. The highest BCUT2D eigenvalue weighted by molar-refractivity contribution is 5.97. The highest BCUT2D eigenvalue weighted by Crippen LogP contribution is 2.13. The number of nitrogens with two attached hydrogens (primary N) is 6. The molecule has 19 N–H and O–H groups in total. The molecule has 0 spiro atoms. The monoisotopic (exact) mass is 952 g/mol. The van der Waals surface area contributed by atoms with Crippen LogP contribution in [0.5, 0.6) is 5.75 Å². The number of carbonyl (C=O) groups excluding carboxylic acids is 8. The summed E-state index contributed by atoms with van der Waals surface area (Å²) in [5.74, 6) is -5.61. The molecule has 0 saturated carbocycles. The number of aliphatic imine (C=N–C) groups is 2. The average molecular weight is 952 g/mol. The Balaban J connectivity index is 2.16. The fourth-order valence-electron chi connectivity index (χ4n) is 6.44. The molecular formula is C44H69N15O9. The van der Waals surface area contributed by atoms with Gasteiger partial charge in [-0.3, -0.25) is 48.3 Å². The lowest BCUT2D eigenvalue weighted by molar-refractivity contribution is -0.135. The van der Waals surface area contributed by atoms with E-state index in [-0.39, 0.29) is 75.9 Å². The number of hydrogen-bond acceptors (Lipinski definition) is 12. The molecule has 0 aliphatic heterocycles. The number of hydrogen-bond donors (Lipinski definition) is 13. The molecule has 0 radical (unpaired) electrons. The lowest BCUT2D eigenvalue weighted by atomic mass is 10.0. The van der Waals surface area contributed by atoms with E-state index >= 15 is 0 Å². The summed E-state index contributed by atoms with van der Waals surface area (Å²) < 4.78 is 5.13. The van der Waals surface area contributed by atoms with Crippen molar-refractivity contribution in [2.75, 3.05) is 33.3 Å². The van der Waals surface area contributed by atoms with Crippen LogP contribution in [-0.2, 0) is 51.2 Å². The second kappa shape index (κ2) is 29.9. The molecule has 2 aromatic rings. The lowest BCUT2D eigenvalue weighted by Gasteiger charge is -2.26. The Hall–Kier alpha value is -7.50. The minimum absolute atomic E-state index is 0.0112. The van der Waals surface area contributed by atoms with Gasteiger partial charge in [0.15, 0.2) is 11.9 Å². The number of guanidine groups is 2. The number of carbonyl (C=O) groups is 8. The summed E-state index contributed by atoms with van der Waals surface area (Å²) in [7, 11) is 1.53. The number of benzene rings is 2. The highest BCUT2D eigenvalue weighted by Gasteiger charge is 2.31. The Labute approximate surface area is 395 Å². The van der Waals surface area contributed by atoms with E-state index in [1.165, 1.54) is 14.0 Å². The molecule has 2 rings (SSSR count). The summed E-state index contributed by atoms with van der Waals surface area (Å²) in [6, 6.07) is 8.64. The van der Waals surface area contributed by atoms with Crippen molar-refractivity contribution in [3.05, 3.63) is 65.7 Å². The fraction of sp³-hybridized carbons (Fsp3) is 0.500. The van der Waals surface area contributed by atoms with Crippen molar-refractivity contribution < 1.29 is 43.1 Å². The molecular weight excluding hydrogens is 883 g/mol. The van der Waals surface area contributed by atoms with E-state index in [1.54, 1.807) is 54.6 Å². The van der Waals surface area contributed by atoms with Crippen LogP contribution in [0, 0.1) is 5.92 Å². The van der Waals surface area contributed by atoms with Crippen molar-refractivity contribution in [1.29, 1.82) is 0 Å². The van der Waals surface area contributed by atoms with E-state index in [1.807, 2.05) is 13.8 Å². The van der Waals surface area contributed by atoms with Crippen LogP contribution in [0.25, 0.3) is 0 Å². The Morgan fingerprint density at radius 2 is 1.06 bits per heavy atom. The second-order valence-corrected chi connectivity index (χ2v) is 16.3. The molecule has 0 aliphatic carbocycles. The maximum Gasteiger partial charge on any atom is 0.243 e. The van der Waals surface area contributed by atoms with Crippen molar-refractivity contribution in [2.45, 2.75) is 102 Å². The van der Waals surface area contributed by atoms with Crippen LogP contribution in [0.4, 0.5) is 0 Å². The highest BCUT2D eigenvalue weighted by atomic mass is 16.5. The van der Waals surface area contributed by atoms with E-state index in [0.717, 1.165) is 5.56 Å². The van der Waals surface area contributed by atoms with E-state index in [2.05, 4.69) is 47.2 Å². The molecule has 0 unspecified atom stereocenters. The maximum atomic E-state index is 13.9. The first-order valence-electron chi connectivity index (χ1n) is 22.1. The molecule has 0 aromatic heterocycles. The van der Waals surface area contributed by atoms with Gasteiger partial charge in [-0.1, -0.05) is 56.3 Å². The van der Waals surface area contributed by atoms with E-state index < -0.39 is 96.6 Å². The Morgan fingerprint density at radius 1 is 0.559 bits per heavy atom. The molecule has 6 atom stereocenters. The van der Waals surface area contributed by atoms with Gasteiger partial charge in [0.1, 0.15) is 36.0 Å². The first kappa shape index (κ1) is 56.6. The quantitative estimate of drug-likeness (QED) is 0.0203. The Kier molecular flexibility index (Phi) is 24.9. The zero-order chi connectivity index (χ0) is 50.8. The third kappa shape index (κ3) is 22.6. The number of ether oxygens (including phenoxy) is 1. The zero-order valence-corrected chi connectivity index (χ0v) is 39.0. The standard InChI is InChI=1S/C44H69N15O9/c1-25(2)20-33(37(46)62)59-41(66)32(13-9-19-52-44(49)50)58-40(65)31(12-8-18-51-43(47)48)57-38(63)26(3)55-42(67)34(22-27-10-6-5-7-11-27)56-36(61)24-53-35(60)23-54-39(64)30(45)21-28-14-16-29(68-4)17-15-28/h5-7,10-11,14-17,25-26,30-34H,8-9,12-13,18-24,45H2,1-4H3,(H2,46,62)(H,53,60)(H,54,64)(H,55,67)(H,56,61)(H,57,63)(H,58,65)(H,59,66)(H4,47,48,51)(H4,49,50,52)/t26-,30+,31+,32+,33-,34+/m1/s1. The summed E-state index contributed by atoms with van der Waals surface area (Å²) >= 11 is 0. The van der Waals surface area contributed by atoms with Crippen molar-refractivity contribution in [2.24, 2.45) is 50.3 Å². The molecule has 0 fully saturated rings. The number of nitrogens with zero attached hydrogens (tertiary/aromatic N) is 2. The number of rotatable bonds is 30. The first-order valence-corrected chi connectivity index (χ1v) is 22.1. The molecule has 24 heteroatoms. The Bertz CT molecular complexity index is 2040. The predicted molar refractivity (Wildman–Crippen MR) is 255 cm³/mol. The van der Waals surface area contributed by atoms with Crippen LogP contribution in [0.1, 0.15) is 64.0 Å². The predicted octanol–water partition coefficient (Wildman–Crippen LogP) is -3.88. The average Bonchev–Trinajstić information content (AvgIpc) is 3.28. The summed E-state index contributed by atoms with van der Waals surface area (Å²) in [4.78, 5) is 113. The van der Waals surface area contributed by atoms with Crippen molar-refractivity contribution in [3.8, 4) is 5.75 Å². The molecule has 68 heavy (non-hydrogen) atoms. The topological polar surface area (TPSA) is 411 Å². The van der Waals surface area contributed by atoms with Crippen LogP contribution in [0.3, 0.4) is 0 Å². The number of primary amides is 1. The number of nitrogens with one attached hydrogen (secondary N) is 7. The largest absolute Gasteiger partial charge is 0.497 e. The zero-order valence-electron chi connectivity index (χ0n) is 39.0. The fourth-order valence-corrected chi connectivity index (χ4v) is 6.44. The van der Waals surface area contributed by atoms with Crippen LogP contribution < -0.4 is 76.4 Å². The summed E-state index contributed by atoms with van der Waals surface area (Å²) in [6.07, 6.45) is 0.859. The first-order chi connectivity index (χ1) is 32.2. The van der Waals surface area contributed by atoms with Crippen LogP contribution in [0.15, 0.2) is 64.6 Å². The Morgan fingerprint density at radius 3 is 1.57 bits per heavy atom. The van der Waals surface area contributed by atoms with E-state index in [0.29, 0.717) is 11.3 Å². The maximum absolute atomic E-state index is 13.9. The molecule has 374 valence electrons. The molecule has 0 saturated heterocycles. The lowest BCUT2D eigenvalue weighted by Crippen LogP contribution is -2.59. The minimum atomic E-state index is -1.29. The summed E-state index contributed by atoms with van der Waals surface area (Å²) in [5, 5.41) is 17.8.